The molecule has 0 unspecified atom stereocenters. The molecule has 108 valence electrons. The summed E-state index contributed by atoms with van der Waals surface area (Å²) < 4.78 is 0. The minimum absolute atomic E-state index is 0.461. The highest BCUT2D eigenvalue weighted by Crippen LogP contribution is 2.18. The van der Waals surface area contributed by atoms with Crippen molar-refractivity contribution in [1.29, 1.82) is 0 Å². The second-order valence-corrected chi connectivity index (χ2v) is 4.95. The predicted molar refractivity (Wildman–Crippen MR) is 79.7 cm³/mol. The Morgan fingerprint density at radius 2 is 2.15 bits per heavy atom. The standard InChI is InChI=1S/C15H21N3O2/c16-13(15(19)20)7-9-17-8-3-4-11-10-18-14-6-2-1-5-12(11)14/h1-2,5-6,10,13,17-18H,3-4,7-9,16H2,(H,19,20)/t13-/m0/s1. The van der Waals surface area contributed by atoms with Gasteiger partial charge in [0.2, 0.25) is 0 Å². The largest absolute Gasteiger partial charge is 0.480 e. The molecule has 2 aromatic rings. The number of carbonyl (C=O) groups is 1. The molecule has 2 rings (SSSR count). The second-order valence-electron chi connectivity index (χ2n) is 4.95. The lowest BCUT2D eigenvalue weighted by Gasteiger charge is -2.07. The van der Waals surface area contributed by atoms with Crippen molar-refractivity contribution in [2.45, 2.75) is 25.3 Å². The lowest BCUT2D eigenvalue weighted by molar-refractivity contribution is -0.138. The molecule has 0 aliphatic carbocycles. The maximum atomic E-state index is 10.5. The quantitative estimate of drug-likeness (QED) is 0.549. The van der Waals surface area contributed by atoms with Crippen molar-refractivity contribution in [3.8, 4) is 0 Å². The Labute approximate surface area is 118 Å². The molecule has 0 saturated heterocycles. The third-order valence-electron chi connectivity index (χ3n) is 3.42. The molecule has 1 atom stereocenters. The summed E-state index contributed by atoms with van der Waals surface area (Å²) >= 11 is 0. The van der Waals surface area contributed by atoms with Gasteiger partial charge in [-0.3, -0.25) is 4.79 Å². The third kappa shape index (κ3) is 3.82. The van der Waals surface area contributed by atoms with Crippen LogP contribution < -0.4 is 11.1 Å². The number of para-hydroxylation sites is 1. The van der Waals surface area contributed by atoms with Crippen LogP contribution in [0.25, 0.3) is 10.9 Å². The molecule has 0 aliphatic rings. The Morgan fingerprint density at radius 3 is 2.95 bits per heavy atom. The van der Waals surface area contributed by atoms with Crippen LogP contribution >= 0.6 is 0 Å². The third-order valence-corrected chi connectivity index (χ3v) is 3.42. The lowest BCUT2D eigenvalue weighted by atomic mass is 10.1. The Bertz CT molecular complexity index is 565. The van der Waals surface area contributed by atoms with Gasteiger partial charge in [0.05, 0.1) is 0 Å². The smallest absolute Gasteiger partial charge is 0.320 e. The van der Waals surface area contributed by atoms with Gasteiger partial charge < -0.3 is 21.1 Å². The molecule has 1 heterocycles. The van der Waals surface area contributed by atoms with Crippen LogP contribution in [0.15, 0.2) is 30.5 Å². The molecular formula is C15H21N3O2. The number of H-pyrrole nitrogens is 1. The fourth-order valence-electron chi connectivity index (χ4n) is 2.25. The summed E-state index contributed by atoms with van der Waals surface area (Å²) in [5.41, 5.74) is 7.92. The molecular weight excluding hydrogens is 254 g/mol. The van der Waals surface area contributed by atoms with E-state index in [-0.39, 0.29) is 0 Å². The molecule has 0 spiro atoms. The number of fused-ring (bicyclic) bond motifs is 1. The number of benzene rings is 1. The first-order valence-corrected chi connectivity index (χ1v) is 6.92. The molecule has 5 nitrogen and oxygen atoms in total. The summed E-state index contributed by atoms with van der Waals surface area (Å²) in [7, 11) is 0. The lowest BCUT2D eigenvalue weighted by Crippen LogP contribution is -2.33. The molecule has 1 aromatic heterocycles. The molecule has 5 N–H and O–H groups in total. The van der Waals surface area contributed by atoms with Crippen molar-refractivity contribution in [3.63, 3.8) is 0 Å². The summed E-state index contributed by atoms with van der Waals surface area (Å²) in [6.07, 6.45) is 4.54. The number of aromatic nitrogens is 1. The molecule has 0 saturated carbocycles. The average Bonchev–Trinajstić information content (AvgIpc) is 2.85. The van der Waals surface area contributed by atoms with Gasteiger partial charge in [-0.05, 0) is 44.0 Å². The number of rotatable bonds is 8. The van der Waals surface area contributed by atoms with Crippen LogP contribution in [-0.2, 0) is 11.2 Å². The Kier molecular flexibility index (Phi) is 5.15. The van der Waals surface area contributed by atoms with E-state index in [1.54, 1.807) is 0 Å². The molecule has 0 radical (unpaired) electrons. The van der Waals surface area contributed by atoms with Crippen molar-refractivity contribution in [1.82, 2.24) is 10.3 Å². The van der Waals surface area contributed by atoms with E-state index in [1.165, 1.54) is 16.5 Å². The van der Waals surface area contributed by atoms with Crippen LogP contribution in [0.3, 0.4) is 0 Å². The highest BCUT2D eigenvalue weighted by molar-refractivity contribution is 5.83. The zero-order chi connectivity index (χ0) is 14.4. The number of nitrogens with one attached hydrogen (secondary N) is 2. The zero-order valence-corrected chi connectivity index (χ0v) is 11.4. The molecule has 0 amide bonds. The summed E-state index contributed by atoms with van der Waals surface area (Å²) in [4.78, 5) is 13.8. The minimum Gasteiger partial charge on any atom is -0.480 e. The topological polar surface area (TPSA) is 91.1 Å². The molecule has 5 heteroatoms. The van der Waals surface area contributed by atoms with Crippen LogP contribution in [0.5, 0.6) is 0 Å². The Morgan fingerprint density at radius 1 is 1.35 bits per heavy atom. The maximum absolute atomic E-state index is 10.5. The van der Waals surface area contributed by atoms with Gasteiger partial charge in [-0.15, -0.1) is 0 Å². The number of hydrogen-bond donors (Lipinski definition) is 4. The number of aryl methyl sites for hydroxylation is 1. The van der Waals surface area contributed by atoms with Gasteiger partial charge >= 0.3 is 5.97 Å². The van der Waals surface area contributed by atoms with E-state index in [1.807, 2.05) is 12.1 Å². The molecule has 20 heavy (non-hydrogen) atoms. The van der Waals surface area contributed by atoms with E-state index in [0.717, 1.165) is 19.4 Å². The predicted octanol–water partition coefficient (Wildman–Crippen LogP) is 1.49. The van der Waals surface area contributed by atoms with Crippen molar-refractivity contribution < 1.29 is 9.90 Å². The summed E-state index contributed by atoms with van der Waals surface area (Å²) in [6, 6.07) is 7.50. The molecule has 0 fully saturated rings. The van der Waals surface area contributed by atoms with Crippen LogP contribution in [0.2, 0.25) is 0 Å². The van der Waals surface area contributed by atoms with E-state index in [0.29, 0.717) is 13.0 Å². The SMILES string of the molecule is N[C@@H](CCNCCCc1c[nH]c2ccccc12)C(=O)O. The Hall–Kier alpha value is -1.85. The van der Waals surface area contributed by atoms with Gasteiger partial charge in [-0.2, -0.15) is 0 Å². The first-order chi connectivity index (χ1) is 9.68. The number of carboxylic acid groups (broad SMARTS) is 1. The van der Waals surface area contributed by atoms with Gasteiger partial charge in [0, 0.05) is 17.1 Å². The van der Waals surface area contributed by atoms with Gasteiger partial charge in [0.25, 0.3) is 0 Å². The first-order valence-electron chi connectivity index (χ1n) is 6.92. The average molecular weight is 275 g/mol. The van der Waals surface area contributed by atoms with Crippen LogP contribution in [0, 0.1) is 0 Å². The van der Waals surface area contributed by atoms with Gasteiger partial charge in [-0.1, -0.05) is 18.2 Å². The second kappa shape index (κ2) is 7.07. The first kappa shape index (κ1) is 14.6. The fourth-order valence-corrected chi connectivity index (χ4v) is 2.25. The number of aromatic amines is 1. The van der Waals surface area contributed by atoms with Crippen LogP contribution in [-0.4, -0.2) is 35.2 Å². The summed E-state index contributed by atoms with van der Waals surface area (Å²) in [5.74, 6) is -0.939. The zero-order valence-electron chi connectivity index (χ0n) is 11.4. The van der Waals surface area contributed by atoms with E-state index in [9.17, 15) is 4.79 Å². The van der Waals surface area contributed by atoms with Gasteiger partial charge in [0.1, 0.15) is 6.04 Å². The van der Waals surface area contributed by atoms with Crippen molar-refractivity contribution in [2.24, 2.45) is 5.73 Å². The highest BCUT2D eigenvalue weighted by Gasteiger charge is 2.09. The Balaban J connectivity index is 1.68. The van der Waals surface area contributed by atoms with Crippen LogP contribution in [0.1, 0.15) is 18.4 Å². The summed E-state index contributed by atoms with van der Waals surface area (Å²) in [5, 5.41) is 13.2. The molecule has 0 aliphatic heterocycles. The van der Waals surface area contributed by atoms with Crippen molar-refractivity contribution >= 4 is 16.9 Å². The fraction of sp³-hybridized carbons (Fsp3) is 0.400. The normalized spacial score (nSPS) is 12.7. The van der Waals surface area contributed by atoms with Crippen molar-refractivity contribution in [2.75, 3.05) is 13.1 Å². The number of aliphatic carboxylic acids is 1. The molecule has 1 aromatic carbocycles. The number of carboxylic acids is 1. The summed E-state index contributed by atoms with van der Waals surface area (Å²) in [6.45, 7) is 1.51. The van der Waals surface area contributed by atoms with Gasteiger partial charge in [0.15, 0.2) is 0 Å². The number of nitrogens with two attached hydrogens (primary N) is 1. The van der Waals surface area contributed by atoms with E-state index in [4.69, 9.17) is 10.8 Å². The van der Waals surface area contributed by atoms with E-state index >= 15 is 0 Å². The number of hydrogen-bond acceptors (Lipinski definition) is 3. The highest BCUT2D eigenvalue weighted by atomic mass is 16.4. The van der Waals surface area contributed by atoms with E-state index < -0.39 is 12.0 Å². The molecule has 0 bridgehead atoms. The van der Waals surface area contributed by atoms with Crippen LogP contribution in [0.4, 0.5) is 0 Å². The van der Waals surface area contributed by atoms with E-state index in [2.05, 4.69) is 28.6 Å². The van der Waals surface area contributed by atoms with Crippen molar-refractivity contribution in [3.05, 3.63) is 36.0 Å². The monoisotopic (exact) mass is 275 g/mol. The maximum Gasteiger partial charge on any atom is 0.320 e. The van der Waals surface area contributed by atoms with Gasteiger partial charge in [-0.25, -0.2) is 0 Å². The minimum atomic E-state index is -0.939.